The second-order valence-corrected chi connectivity index (χ2v) is 7.72. The molecule has 0 spiro atoms. The van der Waals surface area contributed by atoms with Gasteiger partial charge in [0.05, 0.1) is 23.1 Å². The third-order valence-corrected chi connectivity index (χ3v) is 6.10. The summed E-state index contributed by atoms with van der Waals surface area (Å²) >= 11 is 5.96. The Morgan fingerprint density at radius 3 is 2.71 bits per heavy atom. The summed E-state index contributed by atoms with van der Waals surface area (Å²) in [6.07, 6.45) is 0.406. The topological polar surface area (TPSA) is 75.6 Å². The molecule has 5 nitrogen and oxygen atoms in total. The van der Waals surface area contributed by atoms with Gasteiger partial charge in [-0.25, -0.2) is 13.1 Å². The molecule has 0 aromatic heterocycles. The van der Waals surface area contributed by atoms with Gasteiger partial charge >= 0.3 is 0 Å². The molecule has 1 aliphatic heterocycles. The Morgan fingerprint density at radius 1 is 1.52 bits per heavy atom. The molecule has 2 N–H and O–H groups in total. The first kappa shape index (κ1) is 16.7. The fraction of sp³-hybridized carbons (Fsp3) is 0.571. The van der Waals surface area contributed by atoms with Crippen molar-refractivity contribution in [3.05, 3.63) is 28.3 Å². The summed E-state index contributed by atoms with van der Waals surface area (Å²) in [4.78, 5) is 0.0966. The average Bonchev–Trinajstić information content (AvgIpc) is 2.70. The van der Waals surface area contributed by atoms with Crippen molar-refractivity contribution in [1.82, 2.24) is 4.72 Å². The Hall–Kier alpha value is -0.660. The van der Waals surface area contributed by atoms with Gasteiger partial charge in [0, 0.05) is 11.6 Å². The zero-order chi connectivity index (χ0) is 15.8. The maximum atomic E-state index is 12.7. The highest BCUT2D eigenvalue weighted by atomic mass is 35.5. The van der Waals surface area contributed by atoms with Crippen LogP contribution in [0, 0.1) is 6.92 Å². The van der Waals surface area contributed by atoms with Crippen molar-refractivity contribution >= 4 is 21.6 Å². The predicted molar refractivity (Wildman–Crippen MR) is 80.9 cm³/mol. The van der Waals surface area contributed by atoms with Crippen LogP contribution in [0.5, 0.6) is 0 Å². The van der Waals surface area contributed by atoms with Gasteiger partial charge in [0.15, 0.2) is 0 Å². The molecule has 0 amide bonds. The molecule has 21 heavy (non-hydrogen) atoms. The first-order chi connectivity index (χ1) is 9.69. The molecule has 0 aliphatic carbocycles. The molecule has 1 aromatic rings. The highest BCUT2D eigenvalue weighted by Crippen LogP contribution is 2.30. The summed E-state index contributed by atoms with van der Waals surface area (Å²) in [5, 5.41) is 9.60. The van der Waals surface area contributed by atoms with E-state index in [0.717, 1.165) is 0 Å². The van der Waals surface area contributed by atoms with Gasteiger partial charge in [0.2, 0.25) is 10.0 Å². The molecule has 2 atom stereocenters. The summed E-state index contributed by atoms with van der Waals surface area (Å²) in [6, 6.07) is 2.97. The number of aliphatic hydroxyl groups is 1. The van der Waals surface area contributed by atoms with E-state index in [1.54, 1.807) is 13.0 Å². The van der Waals surface area contributed by atoms with Crippen molar-refractivity contribution < 1.29 is 18.3 Å². The molecule has 1 fully saturated rings. The van der Waals surface area contributed by atoms with E-state index in [2.05, 4.69) is 4.72 Å². The molecule has 7 heteroatoms. The summed E-state index contributed by atoms with van der Waals surface area (Å²) in [6.45, 7) is 5.60. The van der Waals surface area contributed by atoms with E-state index in [1.165, 1.54) is 6.07 Å². The van der Waals surface area contributed by atoms with Crippen molar-refractivity contribution in [2.45, 2.75) is 50.3 Å². The van der Waals surface area contributed by atoms with Gasteiger partial charge in [-0.1, -0.05) is 11.6 Å². The molecule has 2 unspecified atom stereocenters. The maximum Gasteiger partial charge on any atom is 0.241 e. The number of hydrogen-bond donors (Lipinski definition) is 2. The van der Waals surface area contributed by atoms with Crippen LogP contribution < -0.4 is 4.72 Å². The first-order valence-electron chi connectivity index (χ1n) is 6.75. The van der Waals surface area contributed by atoms with Gasteiger partial charge < -0.3 is 9.84 Å². The smallest absolute Gasteiger partial charge is 0.241 e. The number of hydrogen-bond acceptors (Lipinski definition) is 4. The van der Waals surface area contributed by atoms with Crippen molar-refractivity contribution in [3.8, 4) is 0 Å². The van der Waals surface area contributed by atoms with Crippen LogP contribution >= 0.6 is 11.6 Å². The lowest BCUT2D eigenvalue weighted by Crippen LogP contribution is -2.50. The fourth-order valence-electron chi connectivity index (χ4n) is 2.48. The third kappa shape index (κ3) is 3.24. The lowest BCUT2D eigenvalue weighted by Gasteiger charge is -2.29. The largest absolute Gasteiger partial charge is 0.392 e. The Morgan fingerprint density at radius 2 is 2.19 bits per heavy atom. The second kappa shape index (κ2) is 5.85. The minimum atomic E-state index is -3.75. The number of nitrogens with one attached hydrogen (secondary N) is 1. The predicted octanol–water partition coefficient (Wildman–Crippen LogP) is 1.99. The SMILES string of the molecule is Cc1c(CO)cc(Cl)cc1S(=O)(=O)NC1(C)CCOC1C. The van der Waals surface area contributed by atoms with Gasteiger partial charge in [-0.3, -0.25) is 0 Å². The molecule has 0 saturated carbocycles. The van der Waals surface area contributed by atoms with E-state index in [9.17, 15) is 13.5 Å². The molecule has 1 aliphatic rings. The van der Waals surface area contributed by atoms with Crippen molar-refractivity contribution in [1.29, 1.82) is 0 Å². The number of aliphatic hydroxyl groups excluding tert-OH is 1. The van der Waals surface area contributed by atoms with Crippen LogP contribution in [-0.4, -0.2) is 31.8 Å². The van der Waals surface area contributed by atoms with E-state index >= 15 is 0 Å². The van der Waals surface area contributed by atoms with Crippen LogP contribution in [0.25, 0.3) is 0 Å². The van der Waals surface area contributed by atoms with Crippen LogP contribution in [0.4, 0.5) is 0 Å². The molecule has 0 bridgehead atoms. The van der Waals surface area contributed by atoms with Gasteiger partial charge in [0.25, 0.3) is 0 Å². The van der Waals surface area contributed by atoms with Crippen LogP contribution in [0.15, 0.2) is 17.0 Å². The zero-order valence-electron chi connectivity index (χ0n) is 12.3. The van der Waals surface area contributed by atoms with E-state index in [0.29, 0.717) is 24.2 Å². The molecule has 1 saturated heterocycles. The molecule has 1 heterocycles. The Bertz CT molecular complexity index is 647. The number of sulfonamides is 1. The van der Waals surface area contributed by atoms with Crippen LogP contribution in [0.1, 0.15) is 31.4 Å². The third-order valence-electron chi connectivity index (χ3n) is 4.15. The van der Waals surface area contributed by atoms with Crippen LogP contribution in [-0.2, 0) is 21.4 Å². The standard InChI is InChI=1S/C14H20ClNO4S/c1-9-11(8-17)6-12(15)7-13(9)21(18,19)16-14(3)4-5-20-10(14)2/h6-7,10,16-17H,4-5,8H2,1-3H3. The van der Waals surface area contributed by atoms with Gasteiger partial charge in [-0.05, 0) is 50.5 Å². The lowest BCUT2D eigenvalue weighted by molar-refractivity contribution is 0.0957. The van der Waals surface area contributed by atoms with Gasteiger partial charge in [-0.15, -0.1) is 0 Å². The highest BCUT2D eigenvalue weighted by Gasteiger charge is 2.41. The molecular weight excluding hydrogens is 314 g/mol. The first-order valence-corrected chi connectivity index (χ1v) is 8.61. The lowest BCUT2D eigenvalue weighted by atomic mass is 9.97. The number of ether oxygens (including phenoxy) is 1. The van der Waals surface area contributed by atoms with Crippen molar-refractivity contribution in [2.24, 2.45) is 0 Å². The van der Waals surface area contributed by atoms with E-state index < -0.39 is 15.6 Å². The molecule has 0 radical (unpaired) electrons. The number of benzene rings is 1. The van der Waals surface area contributed by atoms with Gasteiger partial charge in [0.1, 0.15) is 0 Å². The normalized spacial score (nSPS) is 26.2. The van der Waals surface area contributed by atoms with E-state index in [4.69, 9.17) is 16.3 Å². The quantitative estimate of drug-likeness (QED) is 0.883. The van der Waals surface area contributed by atoms with Crippen molar-refractivity contribution in [2.75, 3.05) is 6.61 Å². The second-order valence-electron chi connectivity index (χ2n) is 5.63. The minimum absolute atomic E-state index is 0.0966. The Balaban J connectivity index is 2.43. The molecule has 2 rings (SSSR count). The molecular formula is C14H20ClNO4S. The summed E-state index contributed by atoms with van der Waals surface area (Å²) < 4.78 is 33.5. The van der Waals surface area contributed by atoms with Crippen LogP contribution in [0.3, 0.4) is 0 Å². The van der Waals surface area contributed by atoms with E-state index in [1.807, 2.05) is 13.8 Å². The molecule has 118 valence electrons. The summed E-state index contributed by atoms with van der Waals surface area (Å²) in [7, 11) is -3.75. The monoisotopic (exact) mass is 333 g/mol. The van der Waals surface area contributed by atoms with Crippen LogP contribution in [0.2, 0.25) is 5.02 Å². The summed E-state index contributed by atoms with van der Waals surface area (Å²) in [5.41, 5.74) is 0.362. The maximum absolute atomic E-state index is 12.7. The van der Waals surface area contributed by atoms with E-state index in [-0.39, 0.29) is 22.6 Å². The fourth-order valence-corrected chi connectivity index (χ4v) is 4.60. The Labute approximate surface area is 130 Å². The Kier molecular flexibility index (Phi) is 4.66. The molecule has 1 aromatic carbocycles. The van der Waals surface area contributed by atoms with Gasteiger partial charge in [-0.2, -0.15) is 0 Å². The van der Waals surface area contributed by atoms with Crippen molar-refractivity contribution in [3.63, 3.8) is 0 Å². The number of halogens is 1. The average molecular weight is 334 g/mol. The highest BCUT2D eigenvalue weighted by molar-refractivity contribution is 7.89. The number of rotatable bonds is 4. The zero-order valence-corrected chi connectivity index (χ0v) is 13.9. The summed E-state index contributed by atoms with van der Waals surface area (Å²) in [5.74, 6) is 0. The minimum Gasteiger partial charge on any atom is -0.392 e.